The van der Waals surface area contributed by atoms with E-state index in [1.54, 1.807) is 6.07 Å². The first-order valence-electron chi connectivity index (χ1n) is 5.23. The summed E-state index contributed by atoms with van der Waals surface area (Å²) in [6.07, 6.45) is -0.717. The zero-order chi connectivity index (χ0) is 14.2. The SMILES string of the molecule is COc1cc(OCP(=O)(O)O)c2nc(N)sc2c1C. The van der Waals surface area contributed by atoms with Crippen molar-refractivity contribution in [3.8, 4) is 11.5 Å². The second-order valence-electron chi connectivity index (χ2n) is 3.87. The largest absolute Gasteiger partial charge is 0.496 e. The van der Waals surface area contributed by atoms with Gasteiger partial charge in [-0.05, 0) is 6.92 Å². The lowest BCUT2D eigenvalue weighted by Crippen LogP contribution is -2.00. The highest BCUT2D eigenvalue weighted by atomic mass is 32.1. The number of nitrogens with zero attached hydrogens (tertiary/aromatic N) is 1. The molecule has 0 radical (unpaired) electrons. The van der Waals surface area contributed by atoms with Crippen molar-refractivity contribution in [3.05, 3.63) is 11.6 Å². The molecule has 2 aromatic rings. The van der Waals surface area contributed by atoms with Gasteiger partial charge in [-0.2, -0.15) is 0 Å². The van der Waals surface area contributed by atoms with Crippen LogP contribution in [0.5, 0.6) is 11.5 Å². The van der Waals surface area contributed by atoms with Gasteiger partial charge in [0.05, 0.1) is 11.8 Å². The first kappa shape index (κ1) is 14.1. The van der Waals surface area contributed by atoms with Crippen LogP contribution in [0.1, 0.15) is 5.56 Å². The van der Waals surface area contributed by atoms with Crippen LogP contribution in [0.2, 0.25) is 0 Å². The van der Waals surface area contributed by atoms with Gasteiger partial charge >= 0.3 is 7.60 Å². The minimum Gasteiger partial charge on any atom is -0.496 e. The molecule has 1 aromatic carbocycles. The highest BCUT2D eigenvalue weighted by molar-refractivity contribution is 7.51. The van der Waals surface area contributed by atoms with E-state index in [1.165, 1.54) is 18.4 Å². The molecule has 0 aliphatic carbocycles. The average molecular weight is 304 g/mol. The summed E-state index contributed by atoms with van der Waals surface area (Å²) in [4.78, 5) is 21.8. The number of hydrogen-bond donors (Lipinski definition) is 3. The van der Waals surface area contributed by atoms with Crippen molar-refractivity contribution in [1.82, 2.24) is 4.98 Å². The van der Waals surface area contributed by atoms with Crippen molar-refractivity contribution in [2.24, 2.45) is 0 Å². The van der Waals surface area contributed by atoms with E-state index < -0.39 is 13.9 Å². The summed E-state index contributed by atoms with van der Waals surface area (Å²) < 4.78 is 22.0. The topological polar surface area (TPSA) is 115 Å². The van der Waals surface area contributed by atoms with Crippen LogP contribution < -0.4 is 15.2 Å². The van der Waals surface area contributed by atoms with Crippen LogP contribution in [0, 0.1) is 6.92 Å². The molecule has 0 saturated carbocycles. The number of rotatable bonds is 4. The van der Waals surface area contributed by atoms with Crippen LogP contribution in [0.15, 0.2) is 6.07 Å². The maximum absolute atomic E-state index is 10.9. The number of nitrogens with two attached hydrogens (primary N) is 1. The molecule has 9 heteroatoms. The van der Waals surface area contributed by atoms with E-state index in [-0.39, 0.29) is 5.75 Å². The number of fused-ring (bicyclic) bond motifs is 1. The molecule has 0 spiro atoms. The van der Waals surface area contributed by atoms with Gasteiger partial charge in [0, 0.05) is 11.6 Å². The molecule has 0 saturated heterocycles. The quantitative estimate of drug-likeness (QED) is 0.736. The number of aryl methyl sites for hydroxylation is 1. The number of thiazole rings is 1. The van der Waals surface area contributed by atoms with E-state index >= 15 is 0 Å². The molecule has 0 aliphatic heterocycles. The van der Waals surface area contributed by atoms with Gasteiger partial charge in [0.1, 0.15) is 11.3 Å². The molecule has 104 valence electrons. The third kappa shape index (κ3) is 2.98. The van der Waals surface area contributed by atoms with E-state index in [9.17, 15) is 4.57 Å². The van der Waals surface area contributed by atoms with E-state index in [2.05, 4.69) is 4.98 Å². The van der Waals surface area contributed by atoms with Crippen LogP contribution in [0.3, 0.4) is 0 Å². The standard InChI is InChI=1S/C10H13N2O5PS/c1-5-6(16-2)3-7(17-4-18(13,14)15)8-9(5)19-10(11)12-8/h3H,4H2,1-2H3,(H2,11,12)(H2,13,14,15). The third-order valence-electron chi connectivity index (χ3n) is 2.46. The Morgan fingerprint density at radius 1 is 1.47 bits per heavy atom. The number of methoxy groups -OCH3 is 1. The van der Waals surface area contributed by atoms with Gasteiger partial charge in [-0.1, -0.05) is 11.3 Å². The Morgan fingerprint density at radius 3 is 2.74 bits per heavy atom. The van der Waals surface area contributed by atoms with Gasteiger partial charge in [-0.25, -0.2) is 4.98 Å². The molecule has 1 aromatic heterocycles. The van der Waals surface area contributed by atoms with Crippen molar-refractivity contribution in [1.29, 1.82) is 0 Å². The second-order valence-corrected chi connectivity index (χ2v) is 6.49. The molecule has 0 aliphatic rings. The van der Waals surface area contributed by atoms with Gasteiger partial charge < -0.3 is 25.0 Å². The number of aromatic nitrogens is 1. The monoisotopic (exact) mass is 304 g/mol. The number of benzene rings is 1. The Hall–Kier alpha value is -1.34. The molecule has 0 unspecified atom stereocenters. The maximum Gasteiger partial charge on any atom is 0.362 e. The first-order valence-corrected chi connectivity index (χ1v) is 7.84. The number of nitrogen functional groups attached to an aromatic ring is 1. The zero-order valence-corrected chi connectivity index (χ0v) is 12.0. The molecule has 0 atom stereocenters. The summed E-state index contributed by atoms with van der Waals surface area (Å²) >= 11 is 1.27. The summed E-state index contributed by atoms with van der Waals surface area (Å²) in [6.45, 7) is 1.85. The van der Waals surface area contributed by atoms with Crippen LogP contribution in [0.25, 0.3) is 10.2 Å². The Bertz CT molecular complexity index is 665. The molecule has 0 fully saturated rings. The Balaban J connectivity index is 2.53. The minimum atomic E-state index is -4.26. The van der Waals surface area contributed by atoms with E-state index in [4.69, 9.17) is 25.0 Å². The van der Waals surface area contributed by atoms with Gasteiger partial charge in [-0.3, -0.25) is 4.57 Å². The van der Waals surface area contributed by atoms with E-state index in [1.807, 2.05) is 6.92 Å². The van der Waals surface area contributed by atoms with Crippen molar-refractivity contribution in [2.75, 3.05) is 19.2 Å². The van der Waals surface area contributed by atoms with E-state index in [0.717, 1.165) is 10.3 Å². The lowest BCUT2D eigenvalue weighted by Gasteiger charge is -2.11. The Labute approximate surface area is 113 Å². The smallest absolute Gasteiger partial charge is 0.362 e. The predicted octanol–water partition coefficient (Wildman–Crippen LogP) is 1.71. The van der Waals surface area contributed by atoms with Crippen LogP contribution >= 0.6 is 18.9 Å². The summed E-state index contributed by atoms with van der Waals surface area (Å²) in [5.41, 5.74) is 7.00. The molecule has 1 heterocycles. The first-order chi connectivity index (χ1) is 8.81. The van der Waals surface area contributed by atoms with E-state index in [0.29, 0.717) is 16.4 Å². The Kier molecular flexibility index (Phi) is 3.69. The summed E-state index contributed by atoms with van der Waals surface area (Å²) in [6, 6.07) is 1.55. The second kappa shape index (κ2) is 4.97. The number of ether oxygens (including phenoxy) is 2. The summed E-state index contributed by atoms with van der Waals surface area (Å²) in [5, 5.41) is 0.354. The molecule has 2 rings (SSSR count). The van der Waals surface area contributed by atoms with Crippen LogP contribution in [-0.2, 0) is 4.57 Å². The summed E-state index contributed by atoms with van der Waals surface area (Å²) in [5.74, 6) is 0.797. The molecule has 0 bridgehead atoms. The minimum absolute atomic E-state index is 0.244. The molecule has 19 heavy (non-hydrogen) atoms. The Morgan fingerprint density at radius 2 is 2.16 bits per heavy atom. The fourth-order valence-electron chi connectivity index (χ4n) is 1.64. The van der Waals surface area contributed by atoms with Crippen molar-refractivity contribution in [2.45, 2.75) is 6.92 Å². The number of anilines is 1. The lowest BCUT2D eigenvalue weighted by molar-refractivity contribution is 0.301. The molecule has 0 amide bonds. The fourth-order valence-corrected chi connectivity index (χ4v) is 2.79. The van der Waals surface area contributed by atoms with Crippen molar-refractivity contribution >= 4 is 34.3 Å². The van der Waals surface area contributed by atoms with Crippen LogP contribution in [0.4, 0.5) is 5.13 Å². The predicted molar refractivity (Wildman–Crippen MR) is 72.9 cm³/mol. The van der Waals surface area contributed by atoms with Gasteiger partial charge in [0.2, 0.25) is 0 Å². The number of hydrogen-bond acceptors (Lipinski definition) is 6. The van der Waals surface area contributed by atoms with Crippen molar-refractivity contribution in [3.63, 3.8) is 0 Å². The third-order valence-corrected chi connectivity index (χ3v) is 3.93. The normalized spacial score (nSPS) is 11.8. The van der Waals surface area contributed by atoms with Gasteiger partial charge in [-0.15, -0.1) is 0 Å². The molecule has 7 nitrogen and oxygen atoms in total. The lowest BCUT2D eigenvalue weighted by atomic mass is 10.2. The molecular weight excluding hydrogens is 291 g/mol. The fraction of sp³-hybridized carbons (Fsp3) is 0.300. The zero-order valence-electron chi connectivity index (χ0n) is 10.3. The molecular formula is C10H13N2O5PS. The molecule has 4 N–H and O–H groups in total. The summed E-state index contributed by atoms with van der Waals surface area (Å²) in [7, 11) is -2.75. The highest BCUT2D eigenvalue weighted by Gasteiger charge is 2.19. The van der Waals surface area contributed by atoms with Crippen molar-refractivity contribution < 1.29 is 23.8 Å². The maximum atomic E-state index is 10.9. The highest BCUT2D eigenvalue weighted by Crippen LogP contribution is 2.41. The average Bonchev–Trinajstić information content (AvgIpc) is 2.69. The van der Waals surface area contributed by atoms with Crippen LogP contribution in [-0.4, -0.2) is 28.2 Å². The van der Waals surface area contributed by atoms with Gasteiger partial charge in [0.15, 0.2) is 17.2 Å². The van der Waals surface area contributed by atoms with Gasteiger partial charge in [0.25, 0.3) is 0 Å².